The molecule has 90 valence electrons. The van der Waals surface area contributed by atoms with Gasteiger partial charge in [-0.15, -0.1) is 0 Å². The molecule has 0 saturated heterocycles. The summed E-state index contributed by atoms with van der Waals surface area (Å²) in [6, 6.07) is 0.898. The summed E-state index contributed by atoms with van der Waals surface area (Å²) in [5.41, 5.74) is 0.391. The number of hydrogen-bond donors (Lipinski definition) is 1. The Hall–Kier alpha value is 0.310. The summed E-state index contributed by atoms with van der Waals surface area (Å²) in [7, 11) is 0. The van der Waals surface area contributed by atoms with Crippen LogP contribution in [0.25, 0.3) is 0 Å². The van der Waals surface area contributed by atoms with E-state index in [-0.39, 0.29) is 0 Å². The lowest BCUT2D eigenvalue weighted by molar-refractivity contribution is 0.159. The van der Waals surface area contributed by atoms with Crippen molar-refractivity contribution in [2.45, 2.75) is 53.0 Å². The van der Waals surface area contributed by atoms with Gasteiger partial charge in [-0.3, -0.25) is 0 Å². The first kappa shape index (κ1) is 13.4. The number of hydrogen-bond acceptors (Lipinski definition) is 2. The van der Waals surface area contributed by atoms with Crippen molar-refractivity contribution in [1.29, 1.82) is 0 Å². The number of rotatable bonds is 6. The standard InChI is InChI=1S/C13H27NS/c1-5-8-14(12-6-7-12)9-11(10-15)13(2,3)4/h11-12,15H,5-10H2,1-4H3. The Morgan fingerprint density at radius 1 is 1.33 bits per heavy atom. The average molecular weight is 229 g/mol. The van der Waals surface area contributed by atoms with Crippen LogP contribution in [0.2, 0.25) is 0 Å². The van der Waals surface area contributed by atoms with Crippen molar-refractivity contribution >= 4 is 12.6 Å². The van der Waals surface area contributed by atoms with E-state index in [0.717, 1.165) is 11.8 Å². The van der Waals surface area contributed by atoms with E-state index >= 15 is 0 Å². The maximum Gasteiger partial charge on any atom is 0.00965 e. The van der Waals surface area contributed by atoms with Crippen molar-refractivity contribution in [1.82, 2.24) is 4.90 Å². The summed E-state index contributed by atoms with van der Waals surface area (Å²) >= 11 is 4.51. The molecule has 0 aromatic rings. The van der Waals surface area contributed by atoms with Gasteiger partial charge in [0.25, 0.3) is 0 Å². The zero-order chi connectivity index (χ0) is 11.5. The van der Waals surface area contributed by atoms with Crippen LogP contribution in [0.5, 0.6) is 0 Å². The fraction of sp³-hybridized carbons (Fsp3) is 1.00. The largest absolute Gasteiger partial charge is 0.300 e. The molecular weight excluding hydrogens is 202 g/mol. The van der Waals surface area contributed by atoms with Gasteiger partial charge in [0.1, 0.15) is 0 Å². The van der Waals surface area contributed by atoms with E-state index in [1.807, 2.05) is 0 Å². The lowest BCUT2D eigenvalue weighted by Gasteiger charge is -2.34. The molecule has 1 atom stereocenters. The van der Waals surface area contributed by atoms with Gasteiger partial charge in [-0.1, -0.05) is 27.7 Å². The Balaban J connectivity index is 2.47. The summed E-state index contributed by atoms with van der Waals surface area (Å²) in [5, 5.41) is 0. The average Bonchev–Trinajstić information content (AvgIpc) is 2.93. The molecule has 0 N–H and O–H groups in total. The highest BCUT2D eigenvalue weighted by Crippen LogP contribution is 2.32. The predicted octanol–water partition coefficient (Wildman–Crippen LogP) is 3.45. The van der Waals surface area contributed by atoms with E-state index in [0.29, 0.717) is 11.3 Å². The minimum Gasteiger partial charge on any atom is -0.300 e. The third-order valence-electron chi connectivity index (χ3n) is 3.47. The van der Waals surface area contributed by atoms with Crippen LogP contribution in [-0.2, 0) is 0 Å². The van der Waals surface area contributed by atoms with Crippen molar-refractivity contribution < 1.29 is 0 Å². The number of thiol groups is 1. The Bertz CT molecular complexity index is 181. The Morgan fingerprint density at radius 2 is 1.93 bits per heavy atom. The second kappa shape index (κ2) is 5.58. The van der Waals surface area contributed by atoms with Crippen molar-refractivity contribution in [3.63, 3.8) is 0 Å². The minimum atomic E-state index is 0.391. The number of nitrogens with zero attached hydrogens (tertiary/aromatic N) is 1. The van der Waals surface area contributed by atoms with Crippen molar-refractivity contribution in [3.8, 4) is 0 Å². The molecule has 15 heavy (non-hydrogen) atoms. The third-order valence-corrected chi connectivity index (χ3v) is 3.91. The molecule has 0 radical (unpaired) electrons. The summed E-state index contributed by atoms with van der Waals surface area (Å²) in [6.45, 7) is 11.8. The Labute approximate surface area is 101 Å². The zero-order valence-electron chi connectivity index (χ0n) is 10.8. The first-order valence-electron chi connectivity index (χ1n) is 6.34. The Kier molecular flexibility index (Phi) is 4.98. The topological polar surface area (TPSA) is 3.24 Å². The highest BCUT2D eigenvalue weighted by atomic mass is 32.1. The first-order chi connectivity index (χ1) is 6.99. The van der Waals surface area contributed by atoms with Gasteiger partial charge in [0, 0.05) is 12.6 Å². The molecule has 1 saturated carbocycles. The Morgan fingerprint density at radius 3 is 2.27 bits per heavy atom. The highest BCUT2D eigenvalue weighted by molar-refractivity contribution is 7.80. The van der Waals surface area contributed by atoms with Crippen LogP contribution in [0.1, 0.15) is 47.0 Å². The molecule has 0 aromatic carbocycles. The first-order valence-corrected chi connectivity index (χ1v) is 6.97. The van der Waals surface area contributed by atoms with Crippen LogP contribution in [0.15, 0.2) is 0 Å². The van der Waals surface area contributed by atoms with Crippen LogP contribution in [0.3, 0.4) is 0 Å². The molecule has 1 aliphatic carbocycles. The fourth-order valence-corrected chi connectivity index (χ4v) is 2.70. The summed E-state index contributed by atoms with van der Waals surface area (Å²) in [6.07, 6.45) is 4.12. The van der Waals surface area contributed by atoms with Crippen LogP contribution >= 0.6 is 12.6 Å². The van der Waals surface area contributed by atoms with Crippen LogP contribution in [0, 0.1) is 11.3 Å². The van der Waals surface area contributed by atoms with E-state index in [2.05, 4.69) is 45.2 Å². The predicted molar refractivity (Wildman–Crippen MR) is 71.7 cm³/mol. The summed E-state index contributed by atoms with van der Waals surface area (Å²) in [4.78, 5) is 2.69. The van der Waals surface area contributed by atoms with Crippen LogP contribution in [0.4, 0.5) is 0 Å². The summed E-state index contributed by atoms with van der Waals surface area (Å²) in [5.74, 6) is 1.73. The van der Waals surface area contributed by atoms with Crippen LogP contribution in [-0.4, -0.2) is 29.8 Å². The maximum atomic E-state index is 4.51. The van der Waals surface area contributed by atoms with Crippen LogP contribution < -0.4 is 0 Å². The molecule has 1 unspecified atom stereocenters. The van der Waals surface area contributed by atoms with Crippen molar-refractivity contribution in [2.24, 2.45) is 11.3 Å². The maximum absolute atomic E-state index is 4.51. The molecule has 0 aromatic heterocycles. The van der Waals surface area contributed by atoms with Gasteiger partial charge in [0.15, 0.2) is 0 Å². The highest BCUT2D eigenvalue weighted by Gasteiger charge is 2.32. The molecule has 0 bridgehead atoms. The normalized spacial score (nSPS) is 19.6. The second-order valence-corrected chi connectivity index (χ2v) is 6.34. The van der Waals surface area contributed by atoms with Gasteiger partial charge in [0.2, 0.25) is 0 Å². The zero-order valence-corrected chi connectivity index (χ0v) is 11.7. The fourth-order valence-electron chi connectivity index (χ4n) is 2.04. The van der Waals surface area contributed by atoms with Crippen molar-refractivity contribution in [3.05, 3.63) is 0 Å². The molecular formula is C13H27NS. The SMILES string of the molecule is CCCN(CC(CS)C(C)(C)C)C1CC1. The molecule has 1 rings (SSSR count). The van der Waals surface area contributed by atoms with Crippen molar-refractivity contribution in [2.75, 3.05) is 18.8 Å². The molecule has 0 aliphatic heterocycles. The quantitative estimate of drug-likeness (QED) is 0.683. The monoisotopic (exact) mass is 229 g/mol. The molecule has 0 amide bonds. The molecule has 0 heterocycles. The smallest absolute Gasteiger partial charge is 0.00965 e. The minimum absolute atomic E-state index is 0.391. The lowest BCUT2D eigenvalue weighted by atomic mass is 9.81. The van der Waals surface area contributed by atoms with E-state index in [1.165, 1.54) is 32.4 Å². The molecule has 0 spiro atoms. The van der Waals surface area contributed by atoms with Gasteiger partial charge in [-0.25, -0.2) is 0 Å². The van der Waals surface area contributed by atoms with Gasteiger partial charge in [-0.2, -0.15) is 12.6 Å². The molecule has 2 heteroatoms. The second-order valence-electron chi connectivity index (χ2n) is 5.97. The molecule has 1 aliphatic rings. The molecule has 1 nitrogen and oxygen atoms in total. The van der Waals surface area contributed by atoms with Gasteiger partial charge < -0.3 is 4.90 Å². The lowest BCUT2D eigenvalue weighted by Crippen LogP contribution is -2.38. The van der Waals surface area contributed by atoms with E-state index in [1.54, 1.807) is 0 Å². The van der Waals surface area contributed by atoms with E-state index in [4.69, 9.17) is 0 Å². The van der Waals surface area contributed by atoms with Gasteiger partial charge >= 0.3 is 0 Å². The summed E-state index contributed by atoms with van der Waals surface area (Å²) < 4.78 is 0. The molecule has 1 fully saturated rings. The van der Waals surface area contributed by atoms with E-state index < -0.39 is 0 Å². The van der Waals surface area contributed by atoms with E-state index in [9.17, 15) is 0 Å². The van der Waals surface area contributed by atoms with Gasteiger partial charge in [-0.05, 0) is 42.9 Å². The van der Waals surface area contributed by atoms with Gasteiger partial charge in [0.05, 0.1) is 0 Å². The third kappa shape index (κ3) is 4.36.